The van der Waals surface area contributed by atoms with Crippen LogP contribution >= 0.6 is 11.6 Å². The van der Waals surface area contributed by atoms with E-state index in [1.807, 2.05) is 6.07 Å². The van der Waals surface area contributed by atoms with Crippen molar-refractivity contribution in [3.05, 3.63) is 53.2 Å². The minimum atomic E-state index is -0.0196. The Labute approximate surface area is 148 Å². The van der Waals surface area contributed by atoms with Crippen LogP contribution in [0.25, 0.3) is 22.6 Å². The number of allylic oxidation sites excluding steroid dienone is 1. The number of fused-ring (bicyclic) bond motifs is 1. The van der Waals surface area contributed by atoms with Crippen LogP contribution in [-0.2, 0) is 0 Å². The van der Waals surface area contributed by atoms with E-state index in [0.29, 0.717) is 33.4 Å². The minimum Gasteiger partial charge on any atom is -0.495 e. The summed E-state index contributed by atoms with van der Waals surface area (Å²) in [4.78, 5) is 4.45. The zero-order valence-corrected chi connectivity index (χ0v) is 13.8. The van der Waals surface area contributed by atoms with Gasteiger partial charge in [-0.25, -0.2) is 4.98 Å². The number of nitriles is 2. The van der Waals surface area contributed by atoms with Crippen molar-refractivity contribution in [3.63, 3.8) is 0 Å². The van der Waals surface area contributed by atoms with Crippen LogP contribution in [0.1, 0.15) is 0 Å². The number of benzene rings is 2. The van der Waals surface area contributed by atoms with Gasteiger partial charge in [0.1, 0.15) is 29.0 Å². The first kappa shape index (κ1) is 16.4. The van der Waals surface area contributed by atoms with E-state index in [0.717, 1.165) is 5.56 Å². The van der Waals surface area contributed by atoms with Gasteiger partial charge in [-0.2, -0.15) is 10.5 Å². The maximum Gasteiger partial charge on any atom is 0.227 e. The highest BCUT2D eigenvalue weighted by Gasteiger charge is 2.11. The van der Waals surface area contributed by atoms with Gasteiger partial charge in [0.25, 0.3) is 0 Å². The summed E-state index contributed by atoms with van der Waals surface area (Å²) in [6, 6.07) is 14.1. The van der Waals surface area contributed by atoms with Crippen molar-refractivity contribution < 1.29 is 9.15 Å². The van der Waals surface area contributed by atoms with E-state index in [-0.39, 0.29) is 5.57 Å². The van der Waals surface area contributed by atoms with Crippen molar-refractivity contribution >= 4 is 28.4 Å². The summed E-state index contributed by atoms with van der Waals surface area (Å²) < 4.78 is 10.9. The van der Waals surface area contributed by atoms with Gasteiger partial charge in [0, 0.05) is 17.5 Å². The van der Waals surface area contributed by atoms with Crippen LogP contribution in [0.15, 0.2) is 52.6 Å². The number of ether oxygens (including phenoxy) is 1. The fraction of sp³-hybridized carbons (Fsp3) is 0.0556. The van der Waals surface area contributed by atoms with Gasteiger partial charge in [-0.3, -0.25) is 0 Å². The third-order valence-corrected chi connectivity index (χ3v) is 3.71. The van der Waals surface area contributed by atoms with Crippen LogP contribution < -0.4 is 10.1 Å². The lowest BCUT2D eigenvalue weighted by Crippen LogP contribution is -1.89. The molecule has 0 radical (unpaired) electrons. The number of rotatable bonds is 4. The predicted molar refractivity (Wildman–Crippen MR) is 93.9 cm³/mol. The number of methoxy groups -OCH3 is 1. The van der Waals surface area contributed by atoms with Crippen LogP contribution in [0.3, 0.4) is 0 Å². The SMILES string of the molecule is COc1ccc(-c2nc3cc(NC=C(C#N)C#N)ccc3o2)cc1Cl. The molecule has 6 nitrogen and oxygen atoms in total. The maximum absolute atomic E-state index is 8.74. The Bertz CT molecular complexity index is 1040. The zero-order valence-electron chi connectivity index (χ0n) is 13.1. The van der Waals surface area contributed by atoms with Gasteiger partial charge in [-0.15, -0.1) is 0 Å². The third kappa shape index (κ3) is 3.40. The lowest BCUT2D eigenvalue weighted by atomic mass is 10.2. The zero-order chi connectivity index (χ0) is 17.8. The van der Waals surface area contributed by atoms with E-state index in [1.165, 1.54) is 6.20 Å². The summed E-state index contributed by atoms with van der Waals surface area (Å²) in [5.41, 5.74) is 2.64. The summed E-state index contributed by atoms with van der Waals surface area (Å²) >= 11 is 6.14. The Balaban J connectivity index is 1.93. The number of oxazole rings is 1. The van der Waals surface area contributed by atoms with E-state index in [4.69, 9.17) is 31.3 Å². The van der Waals surface area contributed by atoms with E-state index in [2.05, 4.69) is 10.3 Å². The summed E-state index contributed by atoms with van der Waals surface area (Å²) in [6.07, 6.45) is 1.34. The lowest BCUT2D eigenvalue weighted by molar-refractivity contribution is 0.415. The minimum absolute atomic E-state index is 0.0196. The molecule has 3 aromatic rings. The molecule has 0 saturated carbocycles. The van der Waals surface area contributed by atoms with Gasteiger partial charge in [0.15, 0.2) is 5.58 Å². The average Bonchev–Trinajstić information content (AvgIpc) is 3.06. The Kier molecular flexibility index (Phi) is 4.56. The summed E-state index contributed by atoms with van der Waals surface area (Å²) in [5.74, 6) is 1.01. The summed E-state index contributed by atoms with van der Waals surface area (Å²) in [6.45, 7) is 0. The van der Waals surface area contributed by atoms with Gasteiger partial charge >= 0.3 is 0 Å². The number of hydrogen-bond donors (Lipinski definition) is 1. The second-order valence-electron chi connectivity index (χ2n) is 4.98. The monoisotopic (exact) mass is 350 g/mol. The maximum atomic E-state index is 8.74. The van der Waals surface area contributed by atoms with Gasteiger partial charge < -0.3 is 14.5 Å². The fourth-order valence-electron chi connectivity index (χ4n) is 2.19. The molecule has 0 aliphatic rings. The Morgan fingerprint density at radius 1 is 1.24 bits per heavy atom. The van der Waals surface area contributed by atoms with Crippen LogP contribution in [0, 0.1) is 22.7 Å². The van der Waals surface area contributed by atoms with Crippen LogP contribution in [-0.4, -0.2) is 12.1 Å². The predicted octanol–water partition coefficient (Wildman–Crippen LogP) is 4.50. The molecule has 1 aromatic heterocycles. The molecule has 122 valence electrons. The first-order valence-corrected chi connectivity index (χ1v) is 7.54. The molecule has 0 atom stereocenters. The molecule has 25 heavy (non-hydrogen) atoms. The van der Waals surface area contributed by atoms with E-state index in [9.17, 15) is 0 Å². The van der Waals surface area contributed by atoms with E-state index < -0.39 is 0 Å². The molecular weight excluding hydrogens is 340 g/mol. The quantitative estimate of drug-likeness (QED) is 0.696. The molecule has 0 amide bonds. The molecule has 0 saturated heterocycles. The van der Waals surface area contributed by atoms with Gasteiger partial charge in [-0.1, -0.05) is 11.6 Å². The van der Waals surface area contributed by atoms with Crippen molar-refractivity contribution in [1.29, 1.82) is 10.5 Å². The lowest BCUT2D eigenvalue weighted by Gasteiger charge is -2.03. The standard InChI is InChI=1S/C18H11ClN4O2/c1-24-16-4-2-12(6-14(16)19)18-23-15-7-13(3-5-17(15)25-18)22-10-11(8-20)9-21/h2-7,10,22H,1H3. The van der Waals surface area contributed by atoms with Crippen molar-refractivity contribution in [2.24, 2.45) is 0 Å². The molecule has 7 heteroatoms. The van der Waals surface area contributed by atoms with E-state index >= 15 is 0 Å². The average molecular weight is 351 g/mol. The topological polar surface area (TPSA) is 94.9 Å². The number of halogens is 1. The highest BCUT2D eigenvalue weighted by Crippen LogP contribution is 2.32. The molecule has 0 bridgehead atoms. The van der Waals surface area contributed by atoms with Gasteiger partial charge in [0.2, 0.25) is 5.89 Å². The van der Waals surface area contributed by atoms with E-state index in [1.54, 1.807) is 49.6 Å². The third-order valence-electron chi connectivity index (χ3n) is 3.41. The molecule has 3 rings (SSSR count). The summed E-state index contributed by atoms with van der Waals surface area (Å²) in [5, 5.41) is 20.8. The Hall–Kier alpha value is -3.48. The molecule has 0 aliphatic heterocycles. The second kappa shape index (κ2) is 6.96. The second-order valence-corrected chi connectivity index (χ2v) is 5.38. The normalized spacial score (nSPS) is 9.92. The highest BCUT2D eigenvalue weighted by molar-refractivity contribution is 6.32. The number of anilines is 1. The fourth-order valence-corrected chi connectivity index (χ4v) is 2.44. The first-order chi connectivity index (χ1) is 12.1. The van der Waals surface area contributed by atoms with Gasteiger partial charge in [-0.05, 0) is 36.4 Å². The number of aromatic nitrogens is 1. The smallest absolute Gasteiger partial charge is 0.227 e. The largest absolute Gasteiger partial charge is 0.495 e. The van der Waals surface area contributed by atoms with Crippen LogP contribution in [0.2, 0.25) is 5.02 Å². The van der Waals surface area contributed by atoms with Crippen molar-refractivity contribution in [2.75, 3.05) is 12.4 Å². The van der Waals surface area contributed by atoms with Crippen LogP contribution in [0.5, 0.6) is 5.75 Å². The van der Waals surface area contributed by atoms with Crippen LogP contribution in [0.4, 0.5) is 5.69 Å². The van der Waals surface area contributed by atoms with Crippen molar-refractivity contribution in [1.82, 2.24) is 4.98 Å². The molecule has 1 heterocycles. The summed E-state index contributed by atoms with van der Waals surface area (Å²) in [7, 11) is 1.55. The number of hydrogen-bond acceptors (Lipinski definition) is 6. The van der Waals surface area contributed by atoms with Gasteiger partial charge in [0.05, 0.1) is 12.1 Å². The first-order valence-electron chi connectivity index (χ1n) is 7.16. The molecule has 0 spiro atoms. The Morgan fingerprint density at radius 2 is 2.04 bits per heavy atom. The van der Waals surface area contributed by atoms with Crippen molar-refractivity contribution in [2.45, 2.75) is 0 Å². The molecule has 0 fully saturated rings. The number of nitrogens with zero attached hydrogens (tertiary/aromatic N) is 3. The molecular formula is C18H11ClN4O2. The Morgan fingerprint density at radius 3 is 2.72 bits per heavy atom. The molecule has 0 aliphatic carbocycles. The number of nitrogens with one attached hydrogen (secondary N) is 1. The molecule has 1 N–H and O–H groups in total. The molecule has 0 unspecified atom stereocenters. The molecule has 2 aromatic carbocycles. The highest BCUT2D eigenvalue weighted by atomic mass is 35.5. The van der Waals surface area contributed by atoms with Crippen molar-refractivity contribution in [3.8, 4) is 29.3 Å².